The number of carbonyl (C=O) groups is 6. The van der Waals surface area contributed by atoms with Crippen molar-refractivity contribution in [2.24, 2.45) is 11.7 Å². The van der Waals surface area contributed by atoms with E-state index in [1.165, 1.54) is 0 Å². The van der Waals surface area contributed by atoms with Gasteiger partial charge in [-0.25, -0.2) is 0 Å². The lowest BCUT2D eigenvalue weighted by Gasteiger charge is -2.25. The molecule has 0 fully saturated rings. The number of carboxylic acid groups (broad SMARTS) is 3. The molecule has 0 radical (unpaired) electrons. The molecule has 13 nitrogen and oxygen atoms in total. The molecule has 0 aromatic heterocycles. The number of nitrogens with one attached hydrogen (secondary N) is 3. The Hall–Kier alpha value is -3.22. The highest BCUT2D eigenvalue weighted by Crippen LogP contribution is 2.07. The molecular formula is C17H28N4O9. The van der Waals surface area contributed by atoms with Gasteiger partial charge in [0, 0.05) is 0 Å². The first-order valence-electron chi connectivity index (χ1n) is 9.07. The van der Waals surface area contributed by atoms with Gasteiger partial charge in [0.15, 0.2) is 0 Å². The molecule has 0 rings (SSSR count). The van der Waals surface area contributed by atoms with Crippen LogP contribution in [0.15, 0.2) is 0 Å². The molecule has 8 N–H and O–H groups in total. The second-order valence-electron chi connectivity index (χ2n) is 7.12. The third kappa shape index (κ3) is 10.4. The fourth-order valence-corrected chi connectivity index (χ4v) is 2.29. The highest BCUT2D eigenvalue weighted by atomic mass is 16.4. The van der Waals surface area contributed by atoms with Crippen molar-refractivity contribution in [3.63, 3.8) is 0 Å². The van der Waals surface area contributed by atoms with Crippen molar-refractivity contribution in [2.45, 2.75) is 64.2 Å². The molecule has 0 saturated carbocycles. The fourth-order valence-electron chi connectivity index (χ4n) is 2.29. The lowest BCUT2D eigenvalue weighted by Crippen LogP contribution is -2.57. The van der Waals surface area contributed by atoms with Crippen molar-refractivity contribution in [3.8, 4) is 0 Å². The lowest BCUT2D eigenvalue weighted by molar-refractivity contribution is -0.143. The third-order valence-corrected chi connectivity index (χ3v) is 3.81. The van der Waals surface area contributed by atoms with Crippen LogP contribution >= 0.6 is 0 Å². The third-order valence-electron chi connectivity index (χ3n) is 3.81. The van der Waals surface area contributed by atoms with Gasteiger partial charge in [-0.1, -0.05) is 13.8 Å². The van der Waals surface area contributed by atoms with E-state index in [-0.39, 0.29) is 12.3 Å². The highest BCUT2D eigenvalue weighted by Gasteiger charge is 2.31. The van der Waals surface area contributed by atoms with Crippen LogP contribution in [0.1, 0.15) is 40.0 Å². The van der Waals surface area contributed by atoms with E-state index in [2.05, 4.69) is 16.0 Å². The van der Waals surface area contributed by atoms with Gasteiger partial charge in [0.05, 0.1) is 18.9 Å². The minimum Gasteiger partial charge on any atom is -0.481 e. The second-order valence-corrected chi connectivity index (χ2v) is 7.12. The molecule has 170 valence electrons. The van der Waals surface area contributed by atoms with Crippen molar-refractivity contribution in [1.82, 2.24) is 16.0 Å². The van der Waals surface area contributed by atoms with E-state index in [9.17, 15) is 28.8 Å². The molecular weight excluding hydrogens is 404 g/mol. The number of carboxylic acids is 3. The minimum absolute atomic E-state index is 0.0876. The monoisotopic (exact) mass is 432 g/mol. The number of nitrogens with two attached hydrogens (primary N) is 1. The second kappa shape index (κ2) is 12.4. The average molecular weight is 432 g/mol. The van der Waals surface area contributed by atoms with E-state index in [0.717, 1.165) is 6.92 Å². The Morgan fingerprint density at radius 2 is 1.20 bits per heavy atom. The van der Waals surface area contributed by atoms with Gasteiger partial charge in [0.1, 0.15) is 18.1 Å². The Morgan fingerprint density at radius 1 is 0.733 bits per heavy atom. The van der Waals surface area contributed by atoms with Gasteiger partial charge in [0.2, 0.25) is 17.7 Å². The number of aliphatic carboxylic acids is 3. The highest BCUT2D eigenvalue weighted by molar-refractivity contribution is 5.96. The first kappa shape index (κ1) is 26.8. The normalized spacial score (nSPS) is 14.7. The van der Waals surface area contributed by atoms with Gasteiger partial charge in [-0.2, -0.15) is 0 Å². The maximum Gasteiger partial charge on any atom is 0.325 e. The van der Waals surface area contributed by atoms with Crippen LogP contribution in [0.3, 0.4) is 0 Å². The summed E-state index contributed by atoms with van der Waals surface area (Å²) < 4.78 is 0. The van der Waals surface area contributed by atoms with Crippen LogP contribution in [0.25, 0.3) is 0 Å². The van der Waals surface area contributed by atoms with Crippen LogP contribution in [0.5, 0.6) is 0 Å². The van der Waals surface area contributed by atoms with Crippen molar-refractivity contribution in [1.29, 1.82) is 0 Å². The summed E-state index contributed by atoms with van der Waals surface area (Å²) in [6.45, 7) is 4.63. The predicted molar refractivity (Wildman–Crippen MR) is 101 cm³/mol. The smallest absolute Gasteiger partial charge is 0.325 e. The first-order valence-corrected chi connectivity index (χ1v) is 9.07. The maximum absolute atomic E-state index is 12.6. The van der Waals surface area contributed by atoms with E-state index >= 15 is 0 Å². The van der Waals surface area contributed by atoms with Crippen LogP contribution in [0.2, 0.25) is 0 Å². The molecule has 0 unspecified atom stereocenters. The number of carbonyl (C=O) groups excluding carboxylic acids is 3. The maximum atomic E-state index is 12.6. The standard InChI is InChI=1S/C17H28N4O9/c1-7(2)4-10(20-14(26)9(18)5-12(22)23)16(28)21-11(6-13(24)25)15(27)19-8(3)17(29)30/h7-11H,4-6,18H2,1-3H3,(H,19,27)(H,20,26)(H,21,28)(H,22,23)(H,24,25)(H,29,30)/t8-,9-,10-,11-/m0/s1. The molecule has 3 amide bonds. The number of hydrogen-bond donors (Lipinski definition) is 7. The summed E-state index contributed by atoms with van der Waals surface area (Å²) in [6.07, 6.45) is -1.41. The molecule has 0 spiro atoms. The number of rotatable bonds is 13. The Labute approximate surface area is 172 Å². The average Bonchev–Trinajstić information content (AvgIpc) is 2.58. The molecule has 13 heteroatoms. The molecule has 30 heavy (non-hydrogen) atoms. The number of amides is 3. The van der Waals surface area contributed by atoms with Crippen molar-refractivity contribution < 1.29 is 44.1 Å². The van der Waals surface area contributed by atoms with E-state index in [1.807, 2.05) is 0 Å². The van der Waals surface area contributed by atoms with E-state index in [1.54, 1.807) is 13.8 Å². The van der Waals surface area contributed by atoms with E-state index < -0.39 is 72.6 Å². The first-order chi connectivity index (χ1) is 13.7. The van der Waals surface area contributed by atoms with Crippen molar-refractivity contribution >= 4 is 35.6 Å². The van der Waals surface area contributed by atoms with Gasteiger partial charge < -0.3 is 37.0 Å². The summed E-state index contributed by atoms with van der Waals surface area (Å²) in [5, 5.41) is 33.1. The summed E-state index contributed by atoms with van der Waals surface area (Å²) in [6, 6.07) is -5.57. The minimum atomic E-state index is -1.60. The molecule has 0 aromatic rings. The van der Waals surface area contributed by atoms with Crippen LogP contribution in [-0.4, -0.2) is 75.1 Å². The Balaban J connectivity index is 5.38. The lowest BCUT2D eigenvalue weighted by atomic mass is 10.0. The summed E-state index contributed by atoms with van der Waals surface area (Å²) in [5.74, 6) is -7.05. The molecule has 0 aliphatic carbocycles. The molecule has 0 aromatic carbocycles. The summed E-state index contributed by atoms with van der Waals surface area (Å²) in [5.41, 5.74) is 5.47. The van der Waals surface area contributed by atoms with Gasteiger partial charge in [-0.05, 0) is 19.3 Å². The van der Waals surface area contributed by atoms with Crippen LogP contribution in [0, 0.1) is 5.92 Å². The van der Waals surface area contributed by atoms with Crippen molar-refractivity contribution in [2.75, 3.05) is 0 Å². The van der Waals surface area contributed by atoms with Gasteiger partial charge >= 0.3 is 17.9 Å². The summed E-state index contributed by atoms with van der Waals surface area (Å²) >= 11 is 0. The van der Waals surface area contributed by atoms with Gasteiger partial charge in [0.25, 0.3) is 0 Å². The zero-order valence-electron chi connectivity index (χ0n) is 16.9. The fraction of sp³-hybridized carbons (Fsp3) is 0.647. The molecule has 4 atom stereocenters. The Morgan fingerprint density at radius 3 is 1.63 bits per heavy atom. The van der Waals surface area contributed by atoms with Crippen LogP contribution in [0.4, 0.5) is 0 Å². The quantitative estimate of drug-likeness (QED) is 0.167. The molecule has 0 aliphatic rings. The summed E-state index contributed by atoms with van der Waals surface area (Å²) in [7, 11) is 0. The van der Waals surface area contributed by atoms with Crippen LogP contribution in [-0.2, 0) is 28.8 Å². The Bertz CT molecular complexity index is 680. The zero-order valence-corrected chi connectivity index (χ0v) is 16.9. The molecule has 0 heterocycles. The molecule has 0 bridgehead atoms. The van der Waals surface area contributed by atoms with E-state index in [4.69, 9.17) is 21.1 Å². The van der Waals surface area contributed by atoms with E-state index in [0.29, 0.717) is 0 Å². The molecule has 0 aliphatic heterocycles. The Kier molecular flexibility index (Phi) is 11.0. The number of hydrogen-bond acceptors (Lipinski definition) is 7. The largest absolute Gasteiger partial charge is 0.481 e. The topological polar surface area (TPSA) is 225 Å². The SMILES string of the molecule is CC(C)C[C@H](NC(=O)[C@@H](N)CC(=O)O)C(=O)N[C@@H](CC(=O)O)C(=O)N[C@@H](C)C(=O)O. The van der Waals surface area contributed by atoms with Crippen molar-refractivity contribution in [3.05, 3.63) is 0 Å². The predicted octanol–water partition coefficient (Wildman–Crippen LogP) is -2.13. The molecule has 0 saturated heterocycles. The summed E-state index contributed by atoms with van der Waals surface area (Å²) in [4.78, 5) is 69.5. The van der Waals surface area contributed by atoms with Crippen LogP contribution < -0.4 is 21.7 Å². The van der Waals surface area contributed by atoms with Gasteiger partial charge in [-0.15, -0.1) is 0 Å². The van der Waals surface area contributed by atoms with Gasteiger partial charge in [-0.3, -0.25) is 28.8 Å². The zero-order chi connectivity index (χ0) is 23.6.